The Hall–Kier alpha value is -3.41. The number of hydrogen-bond donors (Lipinski definition) is 1. The van der Waals surface area contributed by atoms with E-state index < -0.39 is 24.0 Å². The summed E-state index contributed by atoms with van der Waals surface area (Å²) in [4.78, 5) is 16.8. The van der Waals surface area contributed by atoms with E-state index in [2.05, 4.69) is 15.4 Å². The third kappa shape index (κ3) is 3.66. The average molecular weight is 399 g/mol. The van der Waals surface area contributed by atoms with E-state index in [1.165, 1.54) is 10.7 Å². The first-order valence-corrected chi connectivity index (χ1v) is 9.01. The van der Waals surface area contributed by atoms with Crippen LogP contribution in [0.1, 0.15) is 34.5 Å². The van der Waals surface area contributed by atoms with Gasteiger partial charge in [0, 0.05) is 5.56 Å². The predicted molar refractivity (Wildman–Crippen MR) is 97.9 cm³/mol. The highest BCUT2D eigenvalue weighted by atomic mass is 19.4. The summed E-state index contributed by atoms with van der Waals surface area (Å²) < 4.78 is 41.1. The number of nitriles is 1. The highest BCUT2D eigenvalue weighted by molar-refractivity contribution is 5.93. The van der Waals surface area contributed by atoms with Crippen LogP contribution >= 0.6 is 0 Å². The molecule has 1 aromatic carbocycles. The number of fused-ring (bicyclic) bond motifs is 1. The van der Waals surface area contributed by atoms with E-state index >= 15 is 0 Å². The average Bonchev–Trinajstić information content (AvgIpc) is 3.42. The van der Waals surface area contributed by atoms with Crippen LogP contribution < -0.4 is 5.32 Å². The standard InChI is InChI=1S/C20H16F3N5O/c1-11-7-15(14-4-2-3-12(8-14)9-24)27-28-16(10-25-18(11)28)19(29)26-17(13-5-6-13)20(21,22)23/h2-4,7-8,10,13,17H,5-6H2,1H3,(H,26,29). The molecule has 0 radical (unpaired) electrons. The molecule has 1 aliphatic rings. The fourth-order valence-corrected chi connectivity index (χ4v) is 3.28. The van der Waals surface area contributed by atoms with Crippen LogP contribution in [-0.2, 0) is 0 Å². The van der Waals surface area contributed by atoms with Crippen LogP contribution in [0.25, 0.3) is 16.9 Å². The van der Waals surface area contributed by atoms with Gasteiger partial charge >= 0.3 is 6.18 Å². The topological polar surface area (TPSA) is 83.1 Å². The number of halogens is 3. The first-order valence-electron chi connectivity index (χ1n) is 9.01. The molecule has 3 aromatic rings. The largest absolute Gasteiger partial charge is 0.408 e. The van der Waals surface area contributed by atoms with Gasteiger partial charge in [-0.05, 0) is 49.4 Å². The van der Waals surface area contributed by atoms with Crippen LogP contribution in [0.15, 0.2) is 36.5 Å². The third-order valence-electron chi connectivity index (χ3n) is 4.90. The number of carbonyl (C=O) groups is 1. The monoisotopic (exact) mass is 399 g/mol. The summed E-state index contributed by atoms with van der Waals surface area (Å²) in [7, 11) is 0. The third-order valence-corrected chi connectivity index (χ3v) is 4.90. The van der Waals surface area contributed by atoms with Crippen molar-refractivity contribution in [2.75, 3.05) is 0 Å². The first kappa shape index (κ1) is 18.9. The number of nitrogens with zero attached hydrogens (tertiary/aromatic N) is 4. The molecule has 2 aromatic heterocycles. The number of nitrogens with one attached hydrogen (secondary N) is 1. The number of carbonyl (C=O) groups excluding carboxylic acids is 1. The lowest BCUT2D eigenvalue weighted by molar-refractivity contribution is -0.158. The van der Waals surface area contributed by atoms with E-state index in [1.54, 1.807) is 37.3 Å². The van der Waals surface area contributed by atoms with Crippen molar-refractivity contribution in [3.63, 3.8) is 0 Å². The molecular formula is C20H16F3N5O. The number of imidazole rings is 1. The lowest BCUT2D eigenvalue weighted by Crippen LogP contribution is -2.47. The molecule has 9 heteroatoms. The Bertz CT molecular complexity index is 1140. The van der Waals surface area contributed by atoms with Gasteiger partial charge in [-0.25, -0.2) is 9.50 Å². The Balaban J connectivity index is 1.73. The van der Waals surface area contributed by atoms with Crippen molar-refractivity contribution in [1.82, 2.24) is 19.9 Å². The summed E-state index contributed by atoms with van der Waals surface area (Å²) in [5.74, 6) is -1.46. The van der Waals surface area contributed by atoms with Crippen LogP contribution in [0.2, 0.25) is 0 Å². The van der Waals surface area contributed by atoms with Crippen molar-refractivity contribution >= 4 is 11.6 Å². The lowest BCUT2D eigenvalue weighted by Gasteiger charge is -2.21. The normalized spacial score (nSPS) is 15.1. The molecule has 1 atom stereocenters. The second-order valence-corrected chi connectivity index (χ2v) is 7.11. The Morgan fingerprint density at radius 3 is 2.76 bits per heavy atom. The molecular weight excluding hydrogens is 383 g/mol. The molecule has 148 valence electrons. The highest BCUT2D eigenvalue weighted by Gasteiger charge is 2.49. The summed E-state index contributed by atoms with van der Waals surface area (Å²) >= 11 is 0. The molecule has 1 fully saturated rings. The SMILES string of the molecule is Cc1cc(-c2cccc(C#N)c2)nn2c(C(=O)NC(C3CC3)C(F)(F)F)cnc12. The van der Waals surface area contributed by atoms with Gasteiger partial charge in [-0.1, -0.05) is 12.1 Å². The minimum Gasteiger partial charge on any atom is -0.339 e. The Morgan fingerprint density at radius 1 is 1.34 bits per heavy atom. The van der Waals surface area contributed by atoms with Gasteiger partial charge in [-0.15, -0.1) is 0 Å². The van der Waals surface area contributed by atoms with Gasteiger partial charge in [0.25, 0.3) is 5.91 Å². The number of benzene rings is 1. The molecule has 1 amide bonds. The second kappa shape index (κ2) is 6.88. The van der Waals surface area contributed by atoms with Gasteiger partial charge in [0.05, 0.1) is 23.5 Å². The van der Waals surface area contributed by atoms with Crippen molar-refractivity contribution < 1.29 is 18.0 Å². The Labute approximate surface area is 164 Å². The maximum atomic E-state index is 13.3. The molecule has 6 nitrogen and oxygen atoms in total. The zero-order chi connectivity index (χ0) is 20.8. The number of alkyl halides is 3. The van der Waals surface area contributed by atoms with E-state index in [1.807, 2.05) is 6.07 Å². The van der Waals surface area contributed by atoms with Crippen LogP contribution in [0, 0.1) is 24.2 Å². The molecule has 0 bridgehead atoms. The summed E-state index contributed by atoms with van der Waals surface area (Å²) in [6, 6.07) is 8.70. The summed E-state index contributed by atoms with van der Waals surface area (Å²) in [5, 5.41) is 15.6. The van der Waals surface area contributed by atoms with E-state index in [4.69, 9.17) is 5.26 Å². The molecule has 2 heterocycles. The van der Waals surface area contributed by atoms with Crippen molar-refractivity contribution in [1.29, 1.82) is 5.26 Å². The zero-order valence-electron chi connectivity index (χ0n) is 15.4. The van der Waals surface area contributed by atoms with Crippen molar-refractivity contribution in [3.05, 3.63) is 53.3 Å². The maximum Gasteiger partial charge on any atom is 0.408 e. The number of rotatable bonds is 4. The molecule has 1 unspecified atom stereocenters. The molecule has 0 spiro atoms. The molecule has 4 rings (SSSR count). The minimum absolute atomic E-state index is 0.0729. The molecule has 29 heavy (non-hydrogen) atoms. The number of hydrogen-bond acceptors (Lipinski definition) is 4. The summed E-state index contributed by atoms with van der Waals surface area (Å²) in [6.07, 6.45) is -2.41. The van der Waals surface area contributed by atoms with Gasteiger partial charge in [-0.3, -0.25) is 4.79 Å². The van der Waals surface area contributed by atoms with E-state index in [0.29, 0.717) is 40.9 Å². The molecule has 1 aliphatic carbocycles. The van der Waals surface area contributed by atoms with Crippen LogP contribution in [-0.4, -0.2) is 32.7 Å². The number of aromatic nitrogens is 3. The smallest absolute Gasteiger partial charge is 0.339 e. The van der Waals surface area contributed by atoms with Crippen molar-refractivity contribution in [2.24, 2.45) is 5.92 Å². The Kier molecular flexibility index (Phi) is 4.49. The summed E-state index contributed by atoms with van der Waals surface area (Å²) in [6.45, 7) is 1.77. The molecule has 1 N–H and O–H groups in total. The fraction of sp³-hybridized carbons (Fsp3) is 0.300. The number of amides is 1. The van der Waals surface area contributed by atoms with Crippen LogP contribution in [0.5, 0.6) is 0 Å². The van der Waals surface area contributed by atoms with Crippen molar-refractivity contribution in [3.8, 4) is 17.3 Å². The molecule has 1 saturated carbocycles. The molecule has 0 saturated heterocycles. The first-order chi connectivity index (χ1) is 13.8. The Morgan fingerprint density at radius 2 is 2.10 bits per heavy atom. The number of aryl methyl sites for hydroxylation is 1. The summed E-state index contributed by atoms with van der Waals surface area (Å²) in [5.41, 5.74) is 2.59. The van der Waals surface area contributed by atoms with Gasteiger partial charge in [0.15, 0.2) is 11.3 Å². The van der Waals surface area contributed by atoms with Crippen LogP contribution in [0.3, 0.4) is 0 Å². The predicted octanol–water partition coefficient (Wildman–Crippen LogP) is 3.65. The highest BCUT2D eigenvalue weighted by Crippen LogP contribution is 2.40. The van der Waals surface area contributed by atoms with E-state index in [9.17, 15) is 18.0 Å². The van der Waals surface area contributed by atoms with E-state index in [-0.39, 0.29) is 5.69 Å². The maximum absolute atomic E-state index is 13.3. The fourth-order valence-electron chi connectivity index (χ4n) is 3.28. The van der Waals surface area contributed by atoms with Crippen LogP contribution in [0.4, 0.5) is 13.2 Å². The zero-order valence-corrected chi connectivity index (χ0v) is 15.4. The van der Waals surface area contributed by atoms with Crippen molar-refractivity contribution in [2.45, 2.75) is 32.0 Å². The van der Waals surface area contributed by atoms with Gasteiger partial charge in [0.1, 0.15) is 6.04 Å². The second-order valence-electron chi connectivity index (χ2n) is 7.11. The molecule has 0 aliphatic heterocycles. The lowest BCUT2D eigenvalue weighted by atomic mass is 10.1. The van der Waals surface area contributed by atoms with Gasteiger partial charge in [-0.2, -0.15) is 23.5 Å². The van der Waals surface area contributed by atoms with E-state index in [0.717, 1.165) is 0 Å². The van der Waals surface area contributed by atoms with Gasteiger partial charge in [0.2, 0.25) is 0 Å². The van der Waals surface area contributed by atoms with Gasteiger partial charge < -0.3 is 5.32 Å². The quantitative estimate of drug-likeness (QED) is 0.726. The minimum atomic E-state index is -4.51.